The van der Waals surface area contributed by atoms with E-state index in [1.54, 1.807) is 24.3 Å². The van der Waals surface area contributed by atoms with E-state index in [0.717, 1.165) is 22.9 Å². The molecule has 1 aliphatic heterocycles. The standard InChI is InChI=1S/C24H23N3O4S/c1-14-4-8-16(9-5-14)20-18(12-25)23(27-22(29)21(20)24(30)31-3)32-13-19(28)26-17-10-6-15(2)7-11-17/h4-11,20-21H,13H2,1-3H3,(H,26,28)(H,27,29)/t20-,21+/m1/s1. The van der Waals surface area contributed by atoms with Crippen LogP contribution in [0, 0.1) is 31.1 Å². The summed E-state index contributed by atoms with van der Waals surface area (Å²) in [5, 5.41) is 15.6. The number of nitrogens with zero attached hydrogens (tertiary/aromatic N) is 1. The maximum absolute atomic E-state index is 12.8. The minimum atomic E-state index is -1.19. The molecule has 1 aliphatic rings. The van der Waals surface area contributed by atoms with E-state index < -0.39 is 23.7 Å². The van der Waals surface area contributed by atoms with Gasteiger partial charge in [-0.3, -0.25) is 14.4 Å². The van der Waals surface area contributed by atoms with E-state index in [4.69, 9.17) is 4.74 Å². The number of carbonyl (C=O) groups excluding carboxylic acids is 3. The van der Waals surface area contributed by atoms with Crippen molar-refractivity contribution in [3.05, 3.63) is 75.8 Å². The summed E-state index contributed by atoms with van der Waals surface area (Å²) >= 11 is 1.05. The molecule has 0 radical (unpaired) electrons. The Morgan fingerprint density at radius 2 is 1.69 bits per heavy atom. The average Bonchev–Trinajstić information content (AvgIpc) is 2.78. The lowest BCUT2D eigenvalue weighted by Crippen LogP contribution is -2.44. The number of benzene rings is 2. The molecule has 0 saturated carbocycles. The first-order chi connectivity index (χ1) is 15.3. The lowest BCUT2D eigenvalue weighted by molar-refractivity contribution is -0.150. The zero-order valence-electron chi connectivity index (χ0n) is 18.0. The first-order valence-corrected chi connectivity index (χ1v) is 10.9. The number of amides is 2. The van der Waals surface area contributed by atoms with Crippen LogP contribution < -0.4 is 10.6 Å². The third kappa shape index (κ3) is 5.18. The van der Waals surface area contributed by atoms with Crippen molar-refractivity contribution in [3.63, 3.8) is 0 Å². The first kappa shape index (κ1) is 23.1. The van der Waals surface area contributed by atoms with Gasteiger partial charge in [0, 0.05) is 11.6 Å². The number of nitrogens with one attached hydrogen (secondary N) is 2. The average molecular weight is 450 g/mol. The smallest absolute Gasteiger partial charge is 0.319 e. The summed E-state index contributed by atoms with van der Waals surface area (Å²) in [4.78, 5) is 37.6. The Labute approximate surface area is 190 Å². The minimum absolute atomic E-state index is 0.0157. The number of rotatable bonds is 6. The first-order valence-electron chi connectivity index (χ1n) is 9.93. The number of esters is 1. The van der Waals surface area contributed by atoms with E-state index in [9.17, 15) is 19.6 Å². The molecule has 0 aliphatic carbocycles. The van der Waals surface area contributed by atoms with Crippen molar-refractivity contribution in [2.24, 2.45) is 5.92 Å². The fourth-order valence-electron chi connectivity index (χ4n) is 3.43. The normalized spacial score (nSPS) is 17.9. The molecule has 0 spiro atoms. The highest BCUT2D eigenvalue weighted by molar-refractivity contribution is 8.03. The highest BCUT2D eigenvalue weighted by atomic mass is 32.2. The molecule has 3 rings (SSSR count). The lowest BCUT2D eigenvalue weighted by atomic mass is 9.78. The number of thioether (sulfide) groups is 1. The van der Waals surface area contributed by atoms with Crippen molar-refractivity contribution in [2.45, 2.75) is 19.8 Å². The monoisotopic (exact) mass is 449 g/mol. The van der Waals surface area contributed by atoms with Crippen molar-refractivity contribution in [3.8, 4) is 6.07 Å². The van der Waals surface area contributed by atoms with Crippen LogP contribution in [0.15, 0.2) is 59.1 Å². The topological polar surface area (TPSA) is 108 Å². The third-order valence-electron chi connectivity index (χ3n) is 5.10. The zero-order chi connectivity index (χ0) is 23.3. The Kier molecular flexibility index (Phi) is 7.33. The van der Waals surface area contributed by atoms with Gasteiger partial charge >= 0.3 is 5.97 Å². The van der Waals surface area contributed by atoms with Crippen LogP contribution in [0.2, 0.25) is 0 Å². The number of anilines is 1. The van der Waals surface area contributed by atoms with Gasteiger partial charge in [0.1, 0.15) is 5.92 Å². The van der Waals surface area contributed by atoms with E-state index in [1.165, 1.54) is 7.11 Å². The summed E-state index contributed by atoms with van der Waals surface area (Å²) < 4.78 is 4.83. The number of ether oxygens (including phenoxy) is 1. The molecular formula is C24H23N3O4S. The molecule has 2 aromatic carbocycles. The second-order valence-electron chi connectivity index (χ2n) is 7.44. The number of allylic oxidation sites excluding steroid dienone is 1. The van der Waals surface area contributed by atoms with Crippen LogP contribution in [0.1, 0.15) is 22.6 Å². The van der Waals surface area contributed by atoms with Crippen LogP contribution in [0.4, 0.5) is 5.69 Å². The molecule has 2 N–H and O–H groups in total. The summed E-state index contributed by atoms with van der Waals surface area (Å²) in [5.74, 6) is -3.57. The van der Waals surface area contributed by atoms with Gasteiger partial charge < -0.3 is 15.4 Å². The largest absolute Gasteiger partial charge is 0.468 e. The summed E-state index contributed by atoms with van der Waals surface area (Å²) in [6.45, 7) is 3.87. The quantitative estimate of drug-likeness (QED) is 0.517. The van der Waals surface area contributed by atoms with E-state index >= 15 is 0 Å². The van der Waals surface area contributed by atoms with Gasteiger partial charge in [0.2, 0.25) is 11.8 Å². The Balaban J connectivity index is 1.87. The molecule has 1 heterocycles. The second-order valence-corrected chi connectivity index (χ2v) is 8.42. The van der Waals surface area contributed by atoms with Crippen molar-refractivity contribution in [1.29, 1.82) is 5.26 Å². The van der Waals surface area contributed by atoms with Gasteiger partial charge in [0.15, 0.2) is 0 Å². The Morgan fingerprint density at radius 3 is 2.25 bits per heavy atom. The van der Waals surface area contributed by atoms with Gasteiger partial charge in [-0.05, 0) is 31.5 Å². The molecule has 8 heteroatoms. The van der Waals surface area contributed by atoms with Gasteiger partial charge in [-0.2, -0.15) is 5.26 Å². The fraction of sp³-hybridized carbons (Fsp3) is 0.250. The second kappa shape index (κ2) is 10.2. The van der Waals surface area contributed by atoms with Crippen LogP contribution in [0.3, 0.4) is 0 Å². The van der Waals surface area contributed by atoms with E-state index in [-0.39, 0.29) is 22.3 Å². The summed E-state index contributed by atoms with van der Waals surface area (Å²) in [7, 11) is 1.21. The molecule has 0 aromatic heterocycles. The Hall–Kier alpha value is -3.57. The maximum Gasteiger partial charge on any atom is 0.319 e. The fourth-order valence-corrected chi connectivity index (χ4v) is 4.27. The Morgan fingerprint density at radius 1 is 1.09 bits per heavy atom. The molecule has 0 saturated heterocycles. The van der Waals surface area contributed by atoms with Crippen LogP contribution >= 0.6 is 11.8 Å². The van der Waals surface area contributed by atoms with Gasteiger partial charge in [-0.25, -0.2) is 0 Å². The minimum Gasteiger partial charge on any atom is -0.468 e. The summed E-state index contributed by atoms with van der Waals surface area (Å²) in [6, 6.07) is 16.8. The van der Waals surface area contributed by atoms with Gasteiger partial charge in [-0.1, -0.05) is 59.3 Å². The number of carbonyl (C=O) groups is 3. The van der Waals surface area contributed by atoms with Crippen LogP contribution in [0.25, 0.3) is 0 Å². The molecule has 0 unspecified atom stereocenters. The number of hydrogen-bond acceptors (Lipinski definition) is 6. The van der Waals surface area contributed by atoms with E-state index in [0.29, 0.717) is 11.3 Å². The molecule has 0 fully saturated rings. The van der Waals surface area contributed by atoms with Gasteiger partial charge in [0.25, 0.3) is 0 Å². The highest BCUT2D eigenvalue weighted by Gasteiger charge is 2.44. The molecule has 7 nitrogen and oxygen atoms in total. The molecular weight excluding hydrogens is 426 g/mol. The molecule has 2 aromatic rings. The Bertz CT molecular complexity index is 1100. The molecule has 2 amide bonds. The van der Waals surface area contributed by atoms with Gasteiger partial charge in [-0.15, -0.1) is 0 Å². The maximum atomic E-state index is 12.8. The molecule has 164 valence electrons. The number of aryl methyl sites for hydroxylation is 2. The number of hydrogen-bond donors (Lipinski definition) is 2. The van der Waals surface area contributed by atoms with Crippen molar-refractivity contribution >= 4 is 35.2 Å². The zero-order valence-corrected chi connectivity index (χ0v) is 18.8. The number of methoxy groups -OCH3 is 1. The summed E-state index contributed by atoms with van der Waals surface area (Å²) in [5.41, 5.74) is 3.62. The van der Waals surface area contributed by atoms with Crippen LogP contribution in [-0.2, 0) is 19.1 Å². The van der Waals surface area contributed by atoms with E-state index in [2.05, 4.69) is 16.7 Å². The number of nitriles is 1. The highest BCUT2D eigenvalue weighted by Crippen LogP contribution is 2.40. The van der Waals surface area contributed by atoms with Crippen molar-refractivity contribution in [1.82, 2.24) is 5.32 Å². The summed E-state index contributed by atoms with van der Waals surface area (Å²) in [6.07, 6.45) is 0. The van der Waals surface area contributed by atoms with Crippen molar-refractivity contribution in [2.75, 3.05) is 18.2 Å². The molecule has 32 heavy (non-hydrogen) atoms. The predicted octanol–water partition coefficient (Wildman–Crippen LogP) is 3.41. The van der Waals surface area contributed by atoms with Gasteiger partial charge in [0.05, 0.1) is 29.5 Å². The van der Waals surface area contributed by atoms with Crippen LogP contribution in [0.5, 0.6) is 0 Å². The predicted molar refractivity (Wildman–Crippen MR) is 122 cm³/mol. The molecule has 0 bridgehead atoms. The van der Waals surface area contributed by atoms with E-state index in [1.807, 2.05) is 38.1 Å². The lowest BCUT2D eigenvalue weighted by Gasteiger charge is -2.31. The molecule has 2 atom stereocenters. The van der Waals surface area contributed by atoms with Crippen LogP contribution in [-0.4, -0.2) is 30.6 Å². The third-order valence-corrected chi connectivity index (χ3v) is 6.12. The van der Waals surface area contributed by atoms with Crippen molar-refractivity contribution < 1.29 is 19.1 Å². The SMILES string of the molecule is COC(=O)[C@@H]1C(=O)NC(SCC(=O)Nc2ccc(C)cc2)=C(C#N)[C@H]1c1ccc(C)cc1.